The molecule has 0 saturated heterocycles. The van der Waals surface area contributed by atoms with Gasteiger partial charge in [0.2, 0.25) is 0 Å². The third-order valence-corrected chi connectivity index (χ3v) is 4.25. The Morgan fingerprint density at radius 3 is 2.68 bits per heavy atom. The second-order valence-corrected chi connectivity index (χ2v) is 7.55. The molecule has 1 rings (SSSR count). The molecule has 0 aromatic carbocycles. The minimum Gasteiger partial charge on any atom is -0.444 e. The van der Waals surface area contributed by atoms with Crippen molar-refractivity contribution in [2.24, 2.45) is 0 Å². The Bertz CT molecular complexity index is 279. The van der Waals surface area contributed by atoms with Gasteiger partial charge in [-0.05, 0) is 45.8 Å². The summed E-state index contributed by atoms with van der Waals surface area (Å²) < 4.78 is 5.18. The summed E-state index contributed by atoms with van der Waals surface area (Å²) in [6.45, 7) is 9.26. The van der Waals surface area contributed by atoms with E-state index in [4.69, 9.17) is 4.74 Å². The number of carbonyl (C=O) groups is 1. The molecule has 1 aliphatic rings. The van der Waals surface area contributed by atoms with Crippen molar-refractivity contribution in [3.63, 3.8) is 0 Å². The molecule has 0 aliphatic heterocycles. The van der Waals surface area contributed by atoms with Crippen LogP contribution in [0, 0.1) is 0 Å². The predicted octanol–water partition coefficient (Wildman–Crippen LogP) is 2.77. The molecule has 0 bridgehead atoms. The fourth-order valence-corrected chi connectivity index (χ4v) is 3.41. The van der Waals surface area contributed by atoms with Crippen molar-refractivity contribution in [1.82, 2.24) is 10.6 Å². The maximum absolute atomic E-state index is 11.4. The molecule has 0 radical (unpaired) electrons. The van der Waals surface area contributed by atoms with Crippen LogP contribution >= 0.6 is 11.8 Å². The summed E-state index contributed by atoms with van der Waals surface area (Å²) in [7, 11) is 0. The summed E-state index contributed by atoms with van der Waals surface area (Å²) in [5.41, 5.74) is -0.423. The Morgan fingerprint density at radius 2 is 2.05 bits per heavy atom. The number of hydrogen-bond donors (Lipinski definition) is 2. The number of hydrogen-bond acceptors (Lipinski definition) is 4. The van der Waals surface area contributed by atoms with Gasteiger partial charge in [-0.25, -0.2) is 4.79 Å². The van der Waals surface area contributed by atoms with E-state index in [1.807, 2.05) is 20.8 Å². The molecular weight excluding hydrogens is 260 g/mol. The van der Waals surface area contributed by atoms with Crippen molar-refractivity contribution in [2.45, 2.75) is 63.9 Å². The zero-order valence-electron chi connectivity index (χ0n) is 12.6. The molecule has 0 aromatic heterocycles. The fourth-order valence-electron chi connectivity index (χ4n) is 2.27. The van der Waals surface area contributed by atoms with E-state index in [2.05, 4.69) is 29.3 Å². The first-order valence-electron chi connectivity index (χ1n) is 7.22. The summed E-state index contributed by atoms with van der Waals surface area (Å²) in [6, 6.07) is 0.615. The minimum absolute atomic E-state index is 0.333. The Kier molecular flexibility index (Phi) is 7.00. The van der Waals surface area contributed by atoms with Crippen molar-refractivity contribution >= 4 is 17.9 Å². The largest absolute Gasteiger partial charge is 0.444 e. The summed E-state index contributed by atoms with van der Waals surface area (Å²) in [6.07, 6.45) is 3.49. The molecule has 1 fully saturated rings. The van der Waals surface area contributed by atoms with Gasteiger partial charge in [0.15, 0.2) is 0 Å². The molecule has 2 atom stereocenters. The third-order valence-electron chi connectivity index (χ3n) is 3.01. The summed E-state index contributed by atoms with van der Waals surface area (Å²) in [5.74, 6) is 1.21. The standard InChI is InChI=1S/C14H28N2O2S/c1-5-19-12-7-6-11(10-12)15-8-9-16-13(17)18-14(2,3)4/h11-12,15H,5-10H2,1-4H3,(H,16,17). The molecular formula is C14H28N2O2S. The van der Waals surface area contributed by atoms with Gasteiger partial charge in [0.25, 0.3) is 0 Å². The van der Waals surface area contributed by atoms with E-state index in [0.29, 0.717) is 12.6 Å². The van der Waals surface area contributed by atoms with Gasteiger partial charge in [0.05, 0.1) is 0 Å². The number of alkyl carbamates (subject to hydrolysis) is 1. The van der Waals surface area contributed by atoms with E-state index in [1.165, 1.54) is 25.0 Å². The number of rotatable bonds is 6. The van der Waals surface area contributed by atoms with Gasteiger partial charge in [-0.15, -0.1) is 0 Å². The van der Waals surface area contributed by atoms with Crippen LogP contribution in [-0.4, -0.2) is 41.8 Å². The number of carbonyl (C=O) groups excluding carboxylic acids is 1. The summed E-state index contributed by atoms with van der Waals surface area (Å²) >= 11 is 2.06. The van der Waals surface area contributed by atoms with Gasteiger partial charge in [-0.1, -0.05) is 6.92 Å². The number of ether oxygens (including phenoxy) is 1. The molecule has 1 aliphatic carbocycles. The third kappa shape index (κ3) is 7.67. The lowest BCUT2D eigenvalue weighted by atomic mass is 10.2. The molecule has 1 amide bonds. The number of amides is 1. The van der Waals surface area contributed by atoms with Crippen LogP contribution in [0.25, 0.3) is 0 Å². The monoisotopic (exact) mass is 288 g/mol. The van der Waals surface area contributed by atoms with Gasteiger partial charge < -0.3 is 15.4 Å². The van der Waals surface area contributed by atoms with Crippen molar-refractivity contribution < 1.29 is 9.53 Å². The molecule has 19 heavy (non-hydrogen) atoms. The van der Waals surface area contributed by atoms with Crippen LogP contribution in [-0.2, 0) is 4.74 Å². The van der Waals surface area contributed by atoms with E-state index < -0.39 is 5.60 Å². The Balaban J connectivity index is 2.04. The van der Waals surface area contributed by atoms with Gasteiger partial charge in [-0.2, -0.15) is 11.8 Å². The Labute approximate surface area is 121 Å². The number of thioether (sulfide) groups is 1. The highest BCUT2D eigenvalue weighted by Crippen LogP contribution is 2.29. The smallest absolute Gasteiger partial charge is 0.407 e. The molecule has 2 N–H and O–H groups in total. The van der Waals surface area contributed by atoms with Gasteiger partial charge in [0, 0.05) is 24.4 Å². The average molecular weight is 288 g/mol. The van der Waals surface area contributed by atoms with Gasteiger partial charge in [0.1, 0.15) is 5.60 Å². The van der Waals surface area contributed by atoms with Gasteiger partial charge in [-0.3, -0.25) is 0 Å². The SMILES string of the molecule is CCSC1CCC(NCCNC(=O)OC(C)(C)C)C1. The average Bonchev–Trinajstić information content (AvgIpc) is 2.70. The lowest BCUT2D eigenvalue weighted by Crippen LogP contribution is -2.38. The first kappa shape index (κ1) is 16.6. The summed E-state index contributed by atoms with van der Waals surface area (Å²) in [5, 5.41) is 7.10. The lowest BCUT2D eigenvalue weighted by Gasteiger charge is -2.20. The maximum atomic E-state index is 11.4. The predicted molar refractivity (Wildman–Crippen MR) is 81.8 cm³/mol. The maximum Gasteiger partial charge on any atom is 0.407 e. The molecule has 1 saturated carbocycles. The van der Waals surface area contributed by atoms with Crippen molar-refractivity contribution in [1.29, 1.82) is 0 Å². The second-order valence-electron chi connectivity index (χ2n) is 5.97. The van der Waals surface area contributed by atoms with Crippen molar-refractivity contribution in [3.05, 3.63) is 0 Å². The van der Waals surface area contributed by atoms with E-state index in [0.717, 1.165) is 11.8 Å². The molecule has 0 aromatic rings. The van der Waals surface area contributed by atoms with Gasteiger partial charge >= 0.3 is 6.09 Å². The molecule has 2 unspecified atom stereocenters. The van der Waals surface area contributed by atoms with E-state index in [9.17, 15) is 4.79 Å². The fraction of sp³-hybridized carbons (Fsp3) is 0.929. The highest BCUT2D eigenvalue weighted by Gasteiger charge is 2.23. The Hall–Kier alpha value is -0.420. The first-order valence-corrected chi connectivity index (χ1v) is 8.27. The number of nitrogens with one attached hydrogen (secondary N) is 2. The highest BCUT2D eigenvalue weighted by atomic mass is 32.2. The minimum atomic E-state index is -0.423. The summed E-state index contributed by atoms with van der Waals surface area (Å²) in [4.78, 5) is 11.4. The van der Waals surface area contributed by atoms with Crippen molar-refractivity contribution in [2.75, 3.05) is 18.8 Å². The van der Waals surface area contributed by atoms with Crippen LogP contribution in [0.3, 0.4) is 0 Å². The lowest BCUT2D eigenvalue weighted by molar-refractivity contribution is 0.0528. The highest BCUT2D eigenvalue weighted by molar-refractivity contribution is 7.99. The quantitative estimate of drug-likeness (QED) is 0.738. The van der Waals surface area contributed by atoms with Crippen molar-refractivity contribution in [3.8, 4) is 0 Å². The van der Waals surface area contributed by atoms with Crippen LogP contribution < -0.4 is 10.6 Å². The normalized spacial score (nSPS) is 23.4. The molecule has 112 valence electrons. The van der Waals surface area contributed by atoms with E-state index in [1.54, 1.807) is 0 Å². The second kappa shape index (κ2) is 8.00. The van der Waals surface area contributed by atoms with E-state index >= 15 is 0 Å². The molecule has 5 heteroatoms. The first-order chi connectivity index (χ1) is 8.90. The van der Waals surface area contributed by atoms with E-state index in [-0.39, 0.29) is 6.09 Å². The molecule has 0 heterocycles. The molecule has 4 nitrogen and oxygen atoms in total. The Morgan fingerprint density at radius 1 is 1.32 bits per heavy atom. The van der Waals surface area contributed by atoms with Crippen LogP contribution in [0.15, 0.2) is 0 Å². The van der Waals surface area contributed by atoms with Crippen LogP contribution in [0.4, 0.5) is 4.79 Å². The van der Waals surface area contributed by atoms with Crippen LogP contribution in [0.1, 0.15) is 47.0 Å². The topological polar surface area (TPSA) is 50.4 Å². The zero-order chi connectivity index (χ0) is 14.3. The van der Waals surface area contributed by atoms with Crippen LogP contribution in [0.2, 0.25) is 0 Å². The molecule has 0 spiro atoms. The zero-order valence-corrected chi connectivity index (χ0v) is 13.4. The van der Waals surface area contributed by atoms with Crippen LogP contribution in [0.5, 0.6) is 0 Å².